The lowest BCUT2D eigenvalue weighted by atomic mass is 10.3. The number of hydrogen-bond donors (Lipinski definition) is 2. The number of carbonyl (C=O) groups is 1. The number of ether oxygens (including phenoxy) is 1. The number of nitrogens with one attached hydrogen (secondary N) is 2. The number of hydrogen-bond acceptors (Lipinski definition) is 5. The van der Waals surface area contributed by atoms with Crippen LogP contribution in [0.5, 0.6) is 5.75 Å². The molecule has 0 atom stereocenters. The molecule has 1 heterocycles. The normalized spacial score (nSPS) is 10.2. The van der Waals surface area contributed by atoms with Crippen molar-refractivity contribution in [3.05, 3.63) is 34.3 Å². The first-order valence-corrected chi connectivity index (χ1v) is 7.14. The van der Waals surface area contributed by atoms with Gasteiger partial charge in [-0.15, -0.1) is 11.3 Å². The van der Waals surface area contributed by atoms with Gasteiger partial charge in [-0.3, -0.25) is 4.79 Å². The number of thiazole rings is 1. The van der Waals surface area contributed by atoms with Crippen LogP contribution in [0.3, 0.4) is 0 Å². The molecule has 1 amide bonds. The first-order chi connectivity index (χ1) is 9.60. The minimum atomic E-state index is -0.129. The van der Waals surface area contributed by atoms with Crippen LogP contribution in [-0.2, 0) is 11.3 Å². The summed E-state index contributed by atoms with van der Waals surface area (Å²) >= 11 is 7.43. The van der Waals surface area contributed by atoms with Gasteiger partial charge in [0.05, 0.1) is 30.1 Å². The fourth-order valence-electron chi connectivity index (χ4n) is 1.64. The maximum absolute atomic E-state index is 10.9. The van der Waals surface area contributed by atoms with E-state index in [2.05, 4.69) is 15.6 Å². The maximum Gasteiger partial charge on any atom is 0.223 e. The first-order valence-electron chi connectivity index (χ1n) is 5.88. The highest BCUT2D eigenvalue weighted by Crippen LogP contribution is 2.32. The molecule has 2 rings (SSSR count). The fraction of sp³-hybridized carbons (Fsp3) is 0.231. The number of methoxy groups -OCH3 is 1. The molecule has 0 saturated heterocycles. The van der Waals surface area contributed by atoms with Gasteiger partial charge in [0.2, 0.25) is 5.91 Å². The Bertz CT molecular complexity index is 615. The Labute approximate surface area is 125 Å². The van der Waals surface area contributed by atoms with Gasteiger partial charge in [-0.25, -0.2) is 4.98 Å². The standard InChI is InChI=1S/C13H14ClN3O2S/c1-8(18)16-13-17-9(7-20-13)6-15-11-5-3-4-10(14)12(11)19-2/h3-5,7,15H,6H2,1-2H3,(H,16,17,18). The Morgan fingerprint density at radius 3 is 3.00 bits per heavy atom. The van der Waals surface area contributed by atoms with Crippen LogP contribution in [0.25, 0.3) is 0 Å². The topological polar surface area (TPSA) is 63.2 Å². The monoisotopic (exact) mass is 311 g/mol. The quantitative estimate of drug-likeness (QED) is 0.888. The van der Waals surface area contributed by atoms with Gasteiger partial charge < -0.3 is 15.4 Å². The average Bonchev–Trinajstić information content (AvgIpc) is 2.83. The van der Waals surface area contributed by atoms with E-state index in [-0.39, 0.29) is 5.91 Å². The molecule has 1 aromatic carbocycles. The molecule has 20 heavy (non-hydrogen) atoms. The number of halogens is 1. The second-order valence-electron chi connectivity index (χ2n) is 4.00. The second kappa shape index (κ2) is 6.58. The van der Waals surface area contributed by atoms with Gasteiger partial charge in [-0.1, -0.05) is 17.7 Å². The van der Waals surface area contributed by atoms with Crippen LogP contribution in [0.1, 0.15) is 12.6 Å². The van der Waals surface area contributed by atoms with Gasteiger partial charge in [0, 0.05) is 12.3 Å². The molecule has 106 valence electrons. The van der Waals surface area contributed by atoms with Gasteiger partial charge in [0.15, 0.2) is 10.9 Å². The molecule has 0 bridgehead atoms. The largest absolute Gasteiger partial charge is 0.493 e. The predicted octanol–water partition coefficient (Wildman–Crippen LogP) is 3.38. The van der Waals surface area contributed by atoms with Crippen LogP contribution in [0.4, 0.5) is 10.8 Å². The minimum absolute atomic E-state index is 0.129. The fourth-order valence-corrected chi connectivity index (χ4v) is 2.65. The summed E-state index contributed by atoms with van der Waals surface area (Å²) in [7, 11) is 1.57. The molecule has 0 radical (unpaired) electrons. The molecule has 0 fully saturated rings. The van der Waals surface area contributed by atoms with E-state index >= 15 is 0 Å². The van der Waals surface area contributed by atoms with Crippen LogP contribution in [0, 0.1) is 0 Å². The number of amides is 1. The minimum Gasteiger partial charge on any atom is -0.493 e. The zero-order chi connectivity index (χ0) is 14.5. The van der Waals surface area contributed by atoms with Gasteiger partial charge in [0.1, 0.15) is 0 Å². The number of benzene rings is 1. The van der Waals surface area contributed by atoms with E-state index < -0.39 is 0 Å². The van der Waals surface area contributed by atoms with Crippen LogP contribution in [0.15, 0.2) is 23.6 Å². The van der Waals surface area contributed by atoms with Gasteiger partial charge in [-0.2, -0.15) is 0 Å². The van der Waals surface area contributed by atoms with Crippen molar-refractivity contribution in [2.45, 2.75) is 13.5 Å². The summed E-state index contributed by atoms with van der Waals surface area (Å²) in [5, 5.41) is 8.88. The van der Waals surface area contributed by atoms with Crippen molar-refractivity contribution >= 4 is 39.7 Å². The molecule has 2 aromatic rings. The van der Waals surface area contributed by atoms with E-state index in [9.17, 15) is 4.79 Å². The van der Waals surface area contributed by atoms with E-state index in [4.69, 9.17) is 16.3 Å². The summed E-state index contributed by atoms with van der Waals surface area (Å²) < 4.78 is 5.25. The molecule has 0 aliphatic rings. The molecule has 0 spiro atoms. The molecule has 0 aliphatic carbocycles. The average molecular weight is 312 g/mol. The van der Waals surface area contributed by atoms with E-state index in [0.717, 1.165) is 11.4 Å². The molecule has 5 nitrogen and oxygen atoms in total. The SMILES string of the molecule is COc1c(Cl)cccc1NCc1csc(NC(C)=O)n1. The highest BCUT2D eigenvalue weighted by Gasteiger charge is 2.08. The van der Waals surface area contributed by atoms with Crippen LogP contribution in [0.2, 0.25) is 5.02 Å². The second-order valence-corrected chi connectivity index (χ2v) is 5.26. The summed E-state index contributed by atoms with van der Waals surface area (Å²) in [5.41, 5.74) is 1.63. The van der Waals surface area contributed by atoms with Crippen molar-refractivity contribution < 1.29 is 9.53 Å². The third-order valence-corrected chi connectivity index (χ3v) is 3.57. The van der Waals surface area contributed by atoms with Gasteiger partial charge >= 0.3 is 0 Å². The molecular weight excluding hydrogens is 298 g/mol. The van der Waals surface area contributed by atoms with Crippen LogP contribution >= 0.6 is 22.9 Å². The summed E-state index contributed by atoms with van der Waals surface area (Å²) in [6.45, 7) is 1.98. The van der Waals surface area contributed by atoms with Crippen molar-refractivity contribution in [1.29, 1.82) is 0 Å². The summed E-state index contributed by atoms with van der Waals surface area (Å²) in [6, 6.07) is 5.49. The summed E-state index contributed by atoms with van der Waals surface area (Å²) in [4.78, 5) is 15.2. The Hall–Kier alpha value is -1.79. The molecule has 0 aliphatic heterocycles. The van der Waals surface area contributed by atoms with Crippen molar-refractivity contribution in [3.8, 4) is 5.75 Å². The van der Waals surface area contributed by atoms with Gasteiger partial charge in [0.25, 0.3) is 0 Å². The number of anilines is 2. The number of carbonyl (C=O) groups excluding carboxylic acids is 1. The Morgan fingerprint density at radius 2 is 2.30 bits per heavy atom. The molecule has 7 heteroatoms. The highest BCUT2D eigenvalue weighted by atomic mass is 35.5. The number of aromatic nitrogens is 1. The third kappa shape index (κ3) is 3.61. The van der Waals surface area contributed by atoms with E-state index in [1.54, 1.807) is 13.2 Å². The van der Waals surface area contributed by atoms with E-state index in [1.165, 1.54) is 18.3 Å². The smallest absolute Gasteiger partial charge is 0.223 e. The van der Waals surface area contributed by atoms with E-state index in [1.807, 2.05) is 17.5 Å². The third-order valence-electron chi connectivity index (χ3n) is 2.47. The first kappa shape index (κ1) is 14.6. The molecule has 0 unspecified atom stereocenters. The number of nitrogens with zero attached hydrogens (tertiary/aromatic N) is 1. The van der Waals surface area contributed by atoms with Crippen molar-refractivity contribution in [2.24, 2.45) is 0 Å². The molecule has 1 aromatic heterocycles. The Morgan fingerprint density at radius 1 is 1.50 bits per heavy atom. The Balaban J connectivity index is 2.03. The number of rotatable bonds is 5. The summed E-state index contributed by atoms with van der Waals surface area (Å²) in [5.74, 6) is 0.474. The van der Waals surface area contributed by atoms with E-state index in [0.29, 0.717) is 22.4 Å². The lowest BCUT2D eigenvalue weighted by molar-refractivity contribution is -0.114. The molecule has 2 N–H and O–H groups in total. The zero-order valence-electron chi connectivity index (χ0n) is 11.1. The number of para-hydroxylation sites is 1. The zero-order valence-corrected chi connectivity index (χ0v) is 12.6. The van der Waals surface area contributed by atoms with Crippen molar-refractivity contribution in [1.82, 2.24) is 4.98 Å². The Kier molecular flexibility index (Phi) is 4.81. The van der Waals surface area contributed by atoms with Crippen molar-refractivity contribution in [2.75, 3.05) is 17.7 Å². The highest BCUT2D eigenvalue weighted by molar-refractivity contribution is 7.13. The summed E-state index contributed by atoms with van der Waals surface area (Å²) in [6.07, 6.45) is 0. The van der Waals surface area contributed by atoms with Crippen LogP contribution in [-0.4, -0.2) is 18.0 Å². The van der Waals surface area contributed by atoms with Crippen molar-refractivity contribution in [3.63, 3.8) is 0 Å². The predicted molar refractivity (Wildman–Crippen MR) is 81.7 cm³/mol. The lowest BCUT2D eigenvalue weighted by Gasteiger charge is -2.11. The maximum atomic E-state index is 10.9. The molecular formula is C13H14ClN3O2S. The molecule has 0 saturated carbocycles. The lowest BCUT2D eigenvalue weighted by Crippen LogP contribution is -2.06. The van der Waals surface area contributed by atoms with Crippen LogP contribution < -0.4 is 15.4 Å². The van der Waals surface area contributed by atoms with Gasteiger partial charge in [-0.05, 0) is 12.1 Å².